The number of nitrogens with zero attached hydrogens (tertiary/aromatic N) is 5. The van der Waals surface area contributed by atoms with E-state index in [0.717, 1.165) is 28.4 Å². The van der Waals surface area contributed by atoms with Crippen molar-refractivity contribution >= 4 is 5.69 Å². The van der Waals surface area contributed by atoms with Gasteiger partial charge in [0.15, 0.2) is 0 Å². The molecule has 20 heavy (non-hydrogen) atoms. The highest BCUT2D eigenvalue weighted by Crippen LogP contribution is 2.17. The van der Waals surface area contributed by atoms with E-state index in [-0.39, 0.29) is 0 Å². The fourth-order valence-corrected chi connectivity index (χ4v) is 1.98. The summed E-state index contributed by atoms with van der Waals surface area (Å²) >= 11 is 0. The van der Waals surface area contributed by atoms with Crippen molar-refractivity contribution in [3.63, 3.8) is 0 Å². The van der Waals surface area contributed by atoms with Crippen LogP contribution < -0.4 is 5.32 Å². The van der Waals surface area contributed by atoms with Crippen LogP contribution in [0, 0.1) is 13.8 Å². The molecule has 0 spiro atoms. The lowest BCUT2D eigenvalue weighted by Gasteiger charge is -2.07. The molecule has 0 aliphatic carbocycles. The highest BCUT2D eigenvalue weighted by Gasteiger charge is 2.08. The molecule has 102 valence electrons. The number of hydrogen-bond donors (Lipinski definition) is 1. The van der Waals surface area contributed by atoms with Crippen LogP contribution in [0.3, 0.4) is 0 Å². The summed E-state index contributed by atoms with van der Waals surface area (Å²) in [5.74, 6) is 0.839. The number of rotatable bonds is 4. The third kappa shape index (κ3) is 2.37. The molecule has 1 aromatic carbocycles. The molecule has 0 bridgehead atoms. The standard InChI is InChI=1S/C13H14N6O/c1-9-13(10(2)20-16-9)7-14-11-4-3-5-12(6-11)19-8-15-17-18-19/h3-6,8,14H,7H2,1-2H3. The lowest BCUT2D eigenvalue weighted by atomic mass is 10.2. The van der Waals surface area contributed by atoms with Crippen LogP contribution in [0.25, 0.3) is 5.69 Å². The molecule has 0 atom stereocenters. The first-order chi connectivity index (χ1) is 9.74. The van der Waals surface area contributed by atoms with Gasteiger partial charge in [0.25, 0.3) is 0 Å². The van der Waals surface area contributed by atoms with Crippen LogP contribution in [0.5, 0.6) is 0 Å². The Labute approximate surface area is 115 Å². The molecule has 2 heterocycles. The molecule has 0 aliphatic heterocycles. The van der Waals surface area contributed by atoms with Gasteiger partial charge in [0, 0.05) is 17.8 Å². The Morgan fingerprint density at radius 3 is 2.90 bits per heavy atom. The van der Waals surface area contributed by atoms with E-state index in [4.69, 9.17) is 4.52 Å². The van der Waals surface area contributed by atoms with Crippen molar-refractivity contribution < 1.29 is 4.52 Å². The molecular weight excluding hydrogens is 256 g/mol. The normalized spacial score (nSPS) is 10.7. The molecule has 2 aromatic heterocycles. The Bertz CT molecular complexity index is 684. The van der Waals surface area contributed by atoms with Gasteiger partial charge < -0.3 is 9.84 Å². The average Bonchev–Trinajstić information content (AvgIpc) is 3.09. The van der Waals surface area contributed by atoms with Gasteiger partial charge in [-0.25, -0.2) is 4.68 Å². The summed E-state index contributed by atoms with van der Waals surface area (Å²) in [6.45, 7) is 4.51. The maximum Gasteiger partial charge on any atom is 0.143 e. The fourth-order valence-electron chi connectivity index (χ4n) is 1.98. The Morgan fingerprint density at radius 2 is 2.20 bits per heavy atom. The minimum Gasteiger partial charge on any atom is -0.381 e. The third-order valence-electron chi connectivity index (χ3n) is 3.11. The Balaban J connectivity index is 1.77. The first-order valence-electron chi connectivity index (χ1n) is 6.23. The van der Waals surface area contributed by atoms with Crippen molar-refractivity contribution in [3.8, 4) is 5.69 Å². The van der Waals surface area contributed by atoms with Crippen molar-refractivity contribution in [2.45, 2.75) is 20.4 Å². The molecule has 0 amide bonds. The van der Waals surface area contributed by atoms with Gasteiger partial charge in [0.05, 0.1) is 11.4 Å². The lowest BCUT2D eigenvalue weighted by molar-refractivity contribution is 0.392. The van der Waals surface area contributed by atoms with E-state index >= 15 is 0 Å². The van der Waals surface area contributed by atoms with E-state index in [1.54, 1.807) is 11.0 Å². The molecule has 0 fully saturated rings. The number of aromatic nitrogens is 5. The second kappa shape index (κ2) is 5.12. The molecule has 0 saturated carbocycles. The Morgan fingerprint density at radius 1 is 1.30 bits per heavy atom. The molecule has 7 heteroatoms. The quantitative estimate of drug-likeness (QED) is 0.779. The zero-order chi connectivity index (χ0) is 13.9. The highest BCUT2D eigenvalue weighted by atomic mass is 16.5. The van der Waals surface area contributed by atoms with Crippen LogP contribution in [0.4, 0.5) is 5.69 Å². The van der Waals surface area contributed by atoms with E-state index in [1.807, 2.05) is 38.1 Å². The maximum absolute atomic E-state index is 5.15. The van der Waals surface area contributed by atoms with E-state index in [1.165, 1.54) is 0 Å². The van der Waals surface area contributed by atoms with Crippen molar-refractivity contribution in [2.24, 2.45) is 0 Å². The first kappa shape index (κ1) is 12.3. The summed E-state index contributed by atoms with van der Waals surface area (Å²) < 4.78 is 6.76. The molecule has 0 radical (unpaired) electrons. The van der Waals surface area contributed by atoms with Gasteiger partial charge in [0.1, 0.15) is 12.1 Å². The van der Waals surface area contributed by atoms with Crippen molar-refractivity contribution in [3.05, 3.63) is 47.6 Å². The highest BCUT2D eigenvalue weighted by molar-refractivity contribution is 5.51. The van der Waals surface area contributed by atoms with Crippen molar-refractivity contribution in [1.82, 2.24) is 25.4 Å². The van der Waals surface area contributed by atoms with Crippen LogP contribution >= 0.6 is 0 Å². The van der Waals surface area contributed by atoms with E-state index < -0.39 is 0 Å². The summed E-state index contributed by atoms with van der Waals surface area (Å²) in [7, 11) is 0. The van der Waals surface area contributed by atoms with Crippen LogP contribution in [0.2, 0.25) is 0 Å². The topological polar surface area (TPSA) is 81.7 Å². The van der Waals surface area contributed by atoms with Gasteiger partial charge in [-0.1, -0.05) is 11.2 Å². The van der Waals surface area contributed by atoms with Gasteiger partial charge in [0.2, 0.25) is 0 Å². The Kier molecular flexibility index (Phi) is 3.16. The minimum absolute atomic E-state index is 0.667. The Hall–Kier alpha value is -2.70. The average molecular weight is 270 g/mol. The number of tetrazole rings is 1. The zero-order valence-corrected chi connectivity index (χ0v) is 11.2. The van der Waals surface area contributed by atoms with Crippen molar-refractivity contribution in [1.29, 1.82) is 0 Å². The van der Waals surface area contributed by atoms with Crippen LogP contribution in [-0.4, -0.2) is 25.4 Å². The number of nitrogens with one attached hydrogen (secondary N) is 1. The van der Waals surface area contributed by atoms with Gasteiger partial charge in [-0.3, -0.25) is 0 Å². The second-order valence-electron chi connectivity index (χ2n) is 4.46. The van der Waals surface area contributed by atoms with Crippen LogP contribution in [0.15, 0.2) is 35.1 Å². The van der Waals surface area contributed by atoms with Crippen LogP contribution in [-0.2, 0) is 6.54 Å². The molecule has 3 rings (SSSR count). The van der Waals surface area contributed by atoms with Crippen molar-refractivity contribution in [2.75, 3.05) is 5.32 Å². The third-order valence-corrected chi connectivity index (χ3v) is 3.11. The smallest absolute Gasteiger partial charge is 0.143 e. The molecule has 0 aliphatic rings. The molecule has 0 saturated heterocycles. The number of hydrogen-bond acceptors (Lipinski definition) is 6. The maximum atomic E-state index is 5.15. The van der Waals surface area contributed by atoms with Crippen LogP contribution in [0.1, 0.15) is 17.0 Å². The molecule has 0 unspecified atom stereocenters. The SMILES string of the molecule is Cc1noc(C)c1CNc1cccc(-n2cnnn2)c1. The molecule has 7 nitrogen and oxygen atoms in total. The predicted octanol–water partition coefficient (Wildman–Crippen LogP) is 1.88. The second-order valence-corrected chi connectivity index (χ2v) is 4.46. The summed E-state index contributed by atoms with van der Waals surface area (Å²) in [6, 6.07) is 7.87. The van der Waals surface area contributed by atoms with Gasteiger partial charge in [-0.05, 0) is 42.5 Å². The minimum atomic E-state index is 0.667. The lowest BCUT2D eigenvalue weighted by Crippen LogP contribution is -2.02. The fraction of sp³-hybridized carbons (Fsp3) is 0.231. The largest absolute Gasteiger partial charge is 0.381 e. The van der Waals surface area contributed by atoms with Gasteiger partial charge in [-0.2, -0.15) is 0 Å². The van der Waals surface area contributed by atoms with E-state index in [2.05, 4.69) is 26.0 Å². The number of aryl methyl sites for hydroxylation is 2. The summed E-state index contributed by atoms with van der Waals surface area (Å²) in [5.41, 5.74) is 3.88. The van der Waals surface area contributed by atoms with E-state index in [0.29, 0.717) is 6.54 Å². The summed E-state index contributed by atoms with van der Waals surface area (Å²) in [5, 5.41) is 18.4. The van der Waals surface area contributed by atoms with Gasteiger partial charge in [-0.15, -0.1) is 5.10 Å². The summed E-state index contributed by atoms with van der Waals surface area (Å²) in [4.78, 5) is 0. The number of anilines is 1. The van der Waals surface area contributed by atoms with E-state index in [9.17, 15) is 0 Å². The summed E-state index contributed by atoms with van der Waals surface area (Å²) in [6.07, 6.45) is 1.56. The molecular formula is C13H14N6O. The number of benzene rings is 1. The zero-order valence-electron chi connectivity index (χ0n) is 11.2. The molecule has 3 aromatic rings. The van der Waals surface area contributed by atoms with Gasteiger partial charge >= 0.3 is 0 Å². The first-order valence-corrected chi connectivity index (χ1v) is 6.23. The predicted molar refractivity (Wildman–Crippen MR) is 72.5 cm³/mol. The molecule has 1 N–H and O–H groups in total. The monoisotopic (exact) mass is 270 g/mol.